The molecule has 0 aliphatic rings. The van der Waals surface area contributed by atoms with Gasteiger partial charge >= 0.3 is 0 Å². The van der Waals surface area contributed by atoms with E-state index >= 15 is 0 Å². The molecule has 0 radical (unpaired) electrons. The molecule has 0 spiro atoms. The molecule has 2 rings (SSSR count). The number of nitrogens with one attached hydrogen (secondary N) is 1. The van der Waals surface area contributed by atoms with Crippen LogP contribution in [0.25, 0.3) is 0 Å². The third-order valence-electron chi connectivity index (χ3n) is 4.18. The van der Waals surface area contributed by atoms with Crippen LogP contribution in [-0.4, -0.2) is 18.8 Å². The number of carbonyl (C=O) groups is 2. The maximum absolute atomic E-state index is 12.3. The second kappa shape index (κ2) is 8.47. The van der Waals surface area contributed by atoms with Crippen molar-refractivity contribution in [3.05, 3.63) is 59.2 Å². The quantitative estimate of drug-likeness (QED) is 0.742. The van der Waals surface area contributed by atoms with Gasteiger partial charge in [0.15, 0.2) is 5.78 Å². The molecular formula is C21H25NO3. The third kappa shape index (κ3) is 4.92. The van der Waals surface area contributed by atoms with Crippen LogP contribution >= 0.6 is 0 Å². The van der Waals surface area contributed by atoms with Crippen LogP contribution < -0.4 is 10.1 Å². The van der Waals surface area contributed by atoms with Gasteiger partial charge in [-0.1, -0.05) is 32.0 Å². The highest BCUT2D eigenvalue weighted by Gasteiger charge is 2.14. The highest BCUT2D eigenvalue weighted by Crippen LogP contribution is 2.27. The number of benzene rings is 2. The second-order valence-electron chi connectivity index (χ2n) is 6.39. The summed E-state index contributed by atoms with van der Waals surface area (Å²) in [6, 6.07) is 12.9. The number of hydrogen-bond donors (Lipinski definition) is 1. The van der Waals surface area contributed by atoms with E-state index in [1.807, 2.05) is 25.1 Å². The Morgan fingerprint density at radius 1 is 1.04 bits per heavy atom. The summed E-state index contributed by atoms with van der Waals surface area (Å²) < 4.78 is 5.08. The number of Topliss-reactive ketones (excluding diaryl/α,β-unsaturated/α-hetero) is 1. The predicted octanol–water partition coefficient (Wildman–Crippen LogP) is 4.73. The van der Waals surface area contributed by atoms with E-state index in [0.29, 0.717) is 17.2 Å². The molecule has 25 heavy (non-hydrogen) atoms. The standard InChI is InChI=1S/C21H25NO3/c1-14(2)18-7-5-6-15(3)21(18)22-20(24)13-12-19(23)16-8-10-17(25-4)11-9-16/h5-11,14H,12-13H2,1-4H3,(H,22,24). The van der Waals surface area contributed by atoms with Gasteiger partial charge in [-0.2, -0.15) is 0 Å². The van der Waals surface area contributed by atoms with Crippen molar-refractivity contribution in [3.63, 3.8) is 0 Å². The SMILES string of the molecule is COc1ccc(C(=O)CCC(=O)Nc2c(C)cccc2C(C)C)cc1. The lowest BCUT2D eigenvalue weighted by Gasteiger charge is -2.16. The molecule has 0 heterocycles. The molecule has 2 aromatic carbocycles. The Morgan fingerprint density at radius 3 is 2.32 bits per heavy atom. The number of para-hydroxylation sites is 1. The Hall–Kier alpha value is -2.62. The zero-order valence-corrected chi connectivity index (χ0v) is 15.3. The molecule has 4 heteroatoms. The van der Waals surface area contributed by atoms with E-state index in [9.17, 15) is 9.59 Å². The molecule has 1 amide bonds. The molecule has 0 aliphatic heterocycles. The molecule has 0 unspecified atom stereocenters. The Bertz CT molecular complexity index is 748. The fourth-order valence-corrected chi connectivity index (χ4v) is 2.69. The molecule has 132 valence electrons. The van der Waals surface area contributed by atoms with Gasteiger partial charge < -0.3 is 10.1 Å². The van der Waals surface area contributed by atoms with Crippen LogP contribution in [0.1, 0.15) is 54.1 Å². The summed E-state index contributed by atoms with van der Waals surface area (Å²) in [5.74, 6) is 0.830. The first-order valence-electron chi connectivity index (χ1n) is 8.49. The molecule has 0 aliphatic carbocycles. The monoisotopic (exact) mass is 339 g/mol. The number of carbonyl (C=O) groups excluding carboxylic acids is 2. The van der Waals surface area contributed by atoms with Crippen LogP contribution in [0.4, 0.5) is 5.69 Å². The summed E-state index contributed by atoms with van der Waals surface area (Å²) in [7, 11) is 1.58. The van der Waals surface area contributed by atoms with Crippen molar-refractivity contribution in [2.24, 2.45) is 0 Å². The van der Waals surface area contributed by atoms with Gasteiger partial charge in [0.25, 0.3) is 0 Å². The van der Waals surface area contributed by atoms with Gasteiger partial charge in [0.1, 0.15) is 5.75 Å². The number of ketones is 1. The minimum atomic E-state index is -0.141. The number of hydrogen-bond acceptors (Lipinski definition) is 3. The first kappa shape index (κ1) is 18.7. The Morgan fingerprint density at radius 2 is 1.72 bits per heavy atom. The summed E-state index contributed by atoms with van der Waals surface area (Å²) in [6.45, 7) is 6.17. The minimum absolute atomic E-state index is 0.0494. The van der Waals surface area contributed by atoms with Crippen molar-refractivity contribution >= 4 is 17.4 Å². The number of anilines is 1. The van der Waals surface area contributed by atoms with Crippen LogP contribution in [0.5, 0.6) is 5.75 Å². The van der Waals surface area contributed by atoms with Crippen molar-refractivity contribution in [2.75, 3.05) is 12.4 Å². The zero-order valence-electron chi connectivity index (χ0n) is 15.3. The predicted molar refractivity (Wildman–Crippen MR) is 100 cm³/mol. The number of amides is 1. The van der Waals surface area contributed by atoms with E-state index in [1.165, 1.54) is 0 Å². The van der Waals surface area contributed by atoms with Crippen molar-refractivity contribution in [1.29, 1.82) is 0 Å². The van der Waals surface area contributed by atoms with Gasteiger partial charge in [0, 0.05) is 24.1 Å². The first-order chi connectivity index (χ1) is 11.9. The normalized spacial score (nSPS) is 10.6. The summed E-state index contributed by atoms with van der Waals surface area (Å²) in [5.41, 5.74) is 3.59. The molecule has 2 aromatic rings. The van der Waals surface area contributed by atoms with E-state index < -0.39 is 0 Å². The summed E-state index contributed by atoms with van der Waals surface area (Å²) >= 11 is 0. The van der Waals surface area contributed by atoms with Crippen molar-refractivity contribution in [1.82, 2.24) is 0 Å². The summed E-state index contributed by atoms with van der Waals surface area (Å²) in [6.07, 6.45) is 0.345. The van der Waals surface area contributed by atoms with Gasteiger partial charge in [-0.3, -0.25) is 9.59 Å². The van der Waals surface area contributed by atoms with E-state index in [0.717, 1.165) is 16.8 Å². The van der Waals surface area contributed by atoms with Crippen LogP contribution in [0.15, 0.2) is 42.5 Å². The van der Waals surface area contributed by atoms with Gasteiger partial charge in [-0.25, -0.2) is 0 Å². The molecule has 1 N–H and O–H groups in total. The molecule has 0 saturated carbocycles. The molecule has 0 atom stereocenters. The van der Waals surface area contributed by atoms with E-state index in [1.54, 1.807) is 31.4 Å². The minimum Gasteiger partial charge on any atom is -0.497 e. The topological polar surface area (TPSA) is 55.4 Å². The van der Waals surface area contributed by atoms with Gasteiger partial charge in [-0.05, 0) is 48.2 Å². The van der Waals surface area contributed by atoms with Crippen LogP contribution in [0.3, 0.4) is 0 Å². The average Bonchev–Trinajstić information content (AvgIpc) is 2.61. The highest BCUT2D eigenvalue weighted by molar-refractivity contribution is 6.00. The van der Waals surface area contributed by atoms with Crippen LogP contribution in [0.2, 0.25) is 0 Å². The van der Waals surface area contributed by atoms with Crippen molar-refractivity contribution in [2.45, 2.75) is 39.5 Å². The number of rotatable bonds is 7. The van der Waals surface area contributed by atoms with E-state index in [4.69, 9.17) is 4.74 Å². The van der Waals surface area contributed by atoms with E-state index in [2.05, 4.69) is 19.2 Å². The van der Waals surface area contributed by atoms with E-state index in [-0.39, 0.29) is 24.5 Å². The number of aryl methyl sites for hydroxylation is 1. The molecule has 4 nitrogen and oxygen atoms in total. The first-order valence-corrected chi connectivity index (χ1v) is 8.49. The molecule has 0 saturated heterocycles. The fraction of sp³-hybridized carbons (Fsp3) is 0.333. The van der Waals surface area contributed by atoms with Crippen LogP contribution in [-0.2, 0) is 4.79 Å². The van der Waals surface area contributed by atoms with Gasteiger partial charge in [0.2, 0.25) is 5.91 Å². The largest absolute Gasteiger partial charge is 0.497 e. The maximum atomic E-state index is 12.3. The Labute approximate surface area is 149 Å². The highest BCUT2D eigenvalue weighted by atomic mass is 16.5. The number of methoxy groups -OCH3 is 1. The molecule has 0 bridgehead atoms. The Balaban J connectivity index is 1.98. The maximum Gasteiger partial charge on any atom is 0.224 e. The number of ether oxygens (including phenoxy) is 1. The third-order valence-corrected chi connectivity index (χ3v) is 4.18. The lowest BCUT2D eigenvalue weighted by Crippen LogP contribution is -2.16. The second-order valence-corrected chi connectivity index (χ2v) is 6.39. The zero-order chi connectivity index (χ0) is 18.4. The molecule has 0 fully saturated rings. The lowest BCUT2D eigenvalue weighted by molar-refractivity contribution is -0.116. The lowest BCUT2D eigenvalue weighted by atomic mass is 9.98. The van der Waals surface area contributed by atoms with Crippen molar-refractivity contribution in [3.8, 4) is 5.75 Å². The molecular weight excluding hydrogens is 314 g/mol. The van der Waals surface area contributed by atoms with Gasteiger partial charge in [0.05, 0.1) is 7.11 Å². The Kier molecular flexibility index (Phi) is 6.34. The van der Waals surface area contributed by atoms with Crippen LogP contribution in [0, 0.1) is 6.92 Å². The molecule has 0 aromatic heterocycles. The van der Waals surface area contributed by atoms with Gasteiger partial charge in [-0.15, -0.1) is 0 Å². The average molecular weight is 339 g/mol. The fourth-order valence-electron chi connectivity index (χ4n) is 2.69. The smallest absolute Gasteiger partial charge is 0.224 e. The van der Waals surface area contributed by atoms with Crippen molar-refractivity contribution < 1.29 is 14.3 Å². The summed E-state index contributed by atoms with van der Waals surface area (Å²) in [4.78, 5) is 24.5. The summed E-state index contributed by atoms with van der Waals surface area (Å²) in [5, 5.41) is 2.97.